The largest absolute Gasteiger partial charge is 0.269 e. The van der Waals surface area contributed by atoms with Crippen molar-refractivity contribution in [3.63, 3.8) is 0 Å². The third kappa shape index (κ3) is 5.35. The first-order valence-electron chi connectivity index (χ1n) is 15.2. The molecule has 3 unspecified atom stereocenters. The molecule has 292 valence electrons. The lowest BCUT2D eigenvalue weighted by Gasteiger charge is -2.37. The second-order valence-corrected chi connectivity index (χ2v) is 15.2. The van der Waals surface area contributed by atoms with Gasteiger partial charge in [-0.25, -0.2) is 74.3 Å². The van der Waals surface area contributed by atoms with E-state index >= 15 is 26.3 Å². The van der Waals surface area contributed by atoms with Gasteiger partial charge in [0.05, 0.1) is 9.82 Å². The molecule has 0 N–H and O–H groups in total. The summed E-state index contributed by atoms with van der Waals surface area (Å²) in [7, 11) is -4.98. The van der Waals surface area contributed by atoms with E-state index in [1.165, 1.54) is 0 Å². The second kappa shape index (κ2) is 12.9. The van der Waals surface area contributed by atoms with E-state index in [1.807, 2.05) is 0 Å². The van der Waals surface area contributed by atoms with Crippen molar-refractivity contribution in [2.24, 2.45) is 16.7 Å². The maximum absolute atomic E-state index is 16.0. The minimum absolute atomic E-state index is 0.400. The van der Waals surface area contributed by atoms with E-state index in [4.69, 9.17) is 0 Å². The van der Waals surface area contributed by atoms with E-state index in [2.05, 4.69) is 0 Å². The number of hydrogen-bond acceptors (Lipinski definition) is 4. The Balaban J connectivity index is 1.76. The summed E-state index contributed by atoms with van der Waals surface area (Å²) in [6.07, 6.45) is 0. The lowest BCUT2D eigenvalue weighted by Crippen LogP contribution is -2.58. The quantitative estimate of drug-likeness (QED) is 0.0481. The maximum Gasteiger partial charge on any atom is 0.269 e. The Hall–Kier alpha value is -4.80. The number of non-ortho nitro benzene ring substituents is 1. The van der Waals surface area contributed by atoms with Crippen molar-refractivity contribution in [3.8, 4) is 0 Å². The SMILES string of the molecule is CC1(C)C2CN(S(=O)(=O)c3ccc([N+](=O)[O-])cc3)CC21C(B(c1c(F)c(F)c(F)c(F)c1F)c1c(F)c(F)c(F)c(F)c1F)c1c(F)c(F)c(F)c(F)c1F. The lowest BCUT2D eigenvalue weighted by molar-refractivity contribution is -0.384. The predicted octanol–water partition coefficient (Wildman–Crippen LogP) is 6.96. The summed E-state index contributed by atoms with van der Waals surface area (Å²) < 4.78 is 255. The van der Waals surface area contributed by atoms with Crippen LogP contribution in [-0.2, 0) is 10.0 Å². The van der Waals surface area contributed by atoms with Crippen LogP contribution in [0.3, 0.4) is 0 Å². The average molecular weight is 820 g/mol. The zero-order valence-corrected chi connectivity index (χ0v) is 27.9. The number of hydrogen-bond donors (Lipinski definition) is 0. The number of fused-ring (bicyclic) bond motifs is 1. The van der Waals surface area contributed by atoms with Crippen molar-refractivity contribution in [1.29, 1.82) is 0 Å². The van der Waals surface area contributed by atoms with Crippen LogP contribution in [0.1, 0.15) is 25.2 Å². The highest BCUT2D eigenvalue weighted by Crippen LogP contribution is 2.78. The van der Waals surface area contributed by atoms with Crippen LogP contribution in [0.15, 0.2) is 29.2 Å². The van der Waals surface area contributed by atoms with Crippen LogP contribution in [-0.4, -0.2) is 37.4 Å². The molecule has 0 spiro atoms. The summed E-state index contributed by atoms with van der Waals surface area (Å²) in [4.78, 5) is 9.43. The Bertz CT molecular complexity index is 2310. The van der Waals surface area contributed by atoms with Gasteiger partial charge in [0, 0.05) is 41.7 Å². The molecule has 4 aromatic rings. The van der Waals surface area contributed by atoms with Gasteiger partial charge in [0.25, 0.3) is 5.69 Å². The van der Waals surface area contributed by atoms with Crippen LogP contribution in [0.25, 0.3) is 0 Å². The highest BCUT2D eigenvalue weighted by molar-refractivity contribution is 7.89. The van der Waals surface area contributed by atoms with Gasteiger partial charge in [0.2, 0.25) is 22.6 Å². The third-order valence-electron chi connectivity index (χ3n) is 10.7. The molecule has 6 rings (SSSR count). The van der Waals surface area contributed by atoms with Crippen LogP contribution >= 0.6 is 0 Å². The van der Waals surface area contributed by atoms with Gasteiger partial charge in [-0.3, -0.25) is 10.1 Å². The molecule has 2 aliphatic rings. The molecule has 0 radical (unpaired) electrons. The van der Waals surface area contributed by atoms with Crippen LogP contribution in [0.4, 0.5) is 71.5 Å². The highest BCUT2D eigenvalue weighted by atomic mass is 32.2. The van der Waals surface area contributed by atoms with Crippen molar-refractivity contribution < 1.29 is 79.2 Å². The molecule has 1 saturated carbocycles. The normalized spacial score (nSPS) is 19.8. The zero-order valence-electron chi connectivity index (χ0n) is 27.1. The fourth-order valence-electron chi connectivity index (χ4n) is 7.94. The number of nitro groups is 1. The molecule has 55 heavy (non-hydrogen) atoms. The van der Waals surface area contributed by atoms with Gasteiger partial charge in [-0.1, -0.05) is 13.8 Å². The van der Waals surface area contributed by atoms with E-state index in [9.17, 15) is 58.0 Å². The molecule has 1 saturated heterocycles. The van der Waals surface area contributed by atoms with Crippen molar-refractivity contribution >= 4 is 33.3 Å². The number of halogens is 15. The van der Waals surface area contributed by atoms with Crippen molar-refractivity contribution in [2.45, 2.75) is 24.6 Å². The molecule has 2 fully saturated rings. The van der Waals surface area contributed by atoms with E-state index in [0.717, 1.165) is 13.8 Å². The molecular formula is C32H16BF15N2O4S. The van der Waals surface area contributed by atoms with E-state index in [-0.39, 0.29) is 0 Å². The Morgan fingerprint density at radius 2 is 0.982 bits per heavy atom. The van der Waals surface area contributed by atoms with Gasteiger partial charge in [-0.05, 0) is 34.7 Å². The van der Waals surface area contributed by atoms with Crippen LogP contribution in [0, 0.1) is 114 Å². The minimum Gasteiger partial charge on any atom is -0.258 e. The number of nitro benzene ring substituents is 1. The summed E-state index contributed by atoms with van der Waals surface area (Å²) >= 11 is 0. The molecular weight excluding hydrogens is 804 g/mol. The van der Waals surface area contributed by atoms with Crippen LogP contribution in [0.2, 0.25) is 0 Å². The molecule has 6 nitrogen and oxygen atoms in total. The van der Waals surface area contributed by atoms with Gasteiger partial charge >= 0.3 is 0 Å². The molecule has 3 atom stereocenters. The Morgan fingerprint density at radius 1 is 0.636 bits per heavy atom. The molecule has 1 aliphatic carbocycles. The van der Waals surface area contributed by atoms with Gasteiger partial charge in [0.15, 0.2) is 81.4 Å². The molecule has 0 aromatic heterocycles. The number of benzene rings is 4. The van der Waals surface area contributed by atoms with Gasteiger partial charge in [-0.2, -0.15) is 4.31 Å². The highest BCUT2D eigenvalue weighted by Gasteiger charge is 2.80. The topological polar surface area (TPSA) is 80.5 Å². The first-order chi connectivity index (χ1) is 25.4. The first kappa shape index (κ1) is 39.9. The van der Waals surface area contributed by atoms with Gasteiger partial charge in [-0.15, -0.1) is 0 Å². The van der Waals surface area contributed by atoms with E-state index in [0.29, 0.717) is 28.6 Å². The fourth-order valence-corrected chi connectivity index (χ4v) is 9.45. The number of piperidine rings is 1. The van der Waals surface area contributed by atoms with E-state index < -0.39 is 172 Å². The number of nitrogens with zero attached hydrogens (tertiary/aromatic N) is 2. The monoisotopic (exact) mass is 820 g/mol. The number of rotatable bonds is 8. The summed E-state index contributed by atoms with van der Waals surface area (Å²) in [6, 6.07) is 2.82. The second-order valence-electron chi connectivity index (χ2n) is 13.3. The van der Waals surface area contributed by atoms with Crippen molar-refractivity contribution in [2.75, 3.05) is 13.1 Å². The average Bonchev–Trinajstić information content (AvgIpc) is 3.39. The number of sulfonamides is 1. The van der Waals surface area contributed by atoms with Crippen LogP contribution < -0.4 is 10.9 Å². The minimum atomic E-state index is -4.98. The zero-order chi connectivity index (χ0) is 41.2. The molecule has 0 amide bonds. The third-order valence-corrected chi connectivity index (χ3v) is 12.5. The van der Waals surface area contributed by atoms with Crippen molar-refractivity contribution in [1.82, 2.24) is 4.31 Å². The lowest BCUT2D eigenvalue weighted by atomic mass is 9.29. The molecule has 0 bridgehead atoms. The first-order valence-corrected chi connectivity index (χ1v) is 16.6. The van der Waals surface area contributed by atoms with Crippen molar-refractivity contribution in [3.05, 3.63) is 127 Å². The van der Waals surface area contributed by atoms with Crippen LogP contribution in [0.5, 0.6) is 0 Å². The summed E-state index contributed by atoms with van der Waals surface area (Å²) in [5, 5.41) is 11.1. The molecule has 23 heteroatoms. The van der Waals surface area contributed by atoms with Gasteiger partial charge < -0.3 is 0 Å². The predicted molar refractivity (Wildman–Crippen MR) is 158 cm³/mol. The Morgan fingerprint density at radius 3 is 1.35 bits per heavy atom. The Kier molecular flexibility index (Phi) is 9.34. The van der Waals surface area contributed by atoms with Gasteiger partial charge in [0.1, 0.15) is 0 Å². The molecule has 4 aromatic carbocycles. The summed E-state index contributed by atoms with van der Waals surface area (Å²) in [5.74, 6) is -49.5. The molecule has 1 heterocycles. The standard InChI is InChI=1S/C32H16BF15N2O4S/c1-31(2)11-7-49(55(53,54)10-5-3-9(4-6-10)50(51)52)8-32(11,31)30(12-15(34)21(40)27(46)22(41)16(12)35)33(13-17(36)23(42)28(47)24(43)18(13)37)14-19(38)25(44)29(48)26(45)20(14)39/h3-6,11,30H,7-8H2,1-2H3. The molecule has 1 aliphatic heterocycles. The Labute approximate surface area is 298 Å². The van der Waals surface area contributed by atoms with E-state index in [1.54, 1.807) is 0 Å². The smallest absolute Gasteiger partial charge is 0.258 e. The summed E-state index contributed by atoms with van der Waals surface area (Å²) in [6.45, 7) is -3.84. The maximum atomic E-state index is 16.0. The summed E-state index contributed by atoms with van der Waals surface area (Å²) in [5.41, 5.74) is -12.6. The fraction of sp³-hybridized carbons (Fsp3) is 0.250.